The first-order valence-electron chi connectivity index (χ1n) is 15.1. The molecule has 0 aliphatic carbocycles. The van der Waals surface area contributed by atoms with Gasteiger partial charge in [0.25, 0.3) is 11.8 Å². The molecule has 0 heterocycles. The topological polar surface area (TPSA) is 106 Å². The van der Waals surface area contributed by atoms with E-state index in [1.165, 1.54) is 24.9 Å². The Kier molecular flexibility index (Phi) is 11.3. The first kappa shape index (κ1) is 33.6. The summed E-state index contributed by atoms with van der Waals surface area (Å²) in [5, 5.41) is 8.13. The standard InChI is InChI=1S/C39H35N3O5S/c1-26-12-10-17-30(22-26)41-39(45)36(27-13-6-4-7-14-27)48-33-19-11-18-31(25-33)40-38(44)34(42-37(43)28-15-8-5-9-16-28)24-29-23-32(46-2)20-21-35(29)47-3/h4-25,36H,1-3H3,(H,40,44)(H,41,45)(H,42,43)/b34-24+. The lowest BCUT2D eigenvalue weighted by Gasteiger charge is -2.18. The largest absolute Gasteiger partial charge is 0.497 e. The van der Waals surface area contributed by atoms with E-state index in [0.717, 1.165) is 16.0 Å². The van der Waals surface area contributed by atoms with Crippen molar-refractivity contribution in [2.45, 2.75) is 17.1 Å². The average Bonchev–Trinajstić information content (AvgIpc) is 3.11. The summed E-state index contributed by atoms with van der Waals surface area (Å²) >= 11 is 1.36. The van der Waals surface area contributed by atoms with Gasteiger partial charge in [-0.1, -0.05) is 66.7 Å². The molecule has 3 amide bonds. The van der Waals surface area contributed by atoms with E-state index in [2.05, 4.69) is 16.0 Å². The molecule has 48 heavy (non-hydrogen) atoms. The lowest BCUT2D eigenvalue weighted by atomic mass is 10.1. The maximum atomic E-state index is 13.8. The fraction of sp³-hybridized carbons (Fsp3) is 0.103. The Balaban J connectivity index is 1.41. The number of thioether (sulfide) groups is 1. The summed E-state index contributed by atoms with van der Waals surface area (Å²) in [4.78, 5) is 41.3. The molecule has 0 saturated heterocycles. The second kappa shape index (κ2) is 16.2. The predicted octanol–water partition coefficient (Wildman–Crippen LogP) is 7.89. The van der Waals surface area contributed by atoms with Gasteiger partial charge in [-0.25, -0.2) is 0 Å². The lowest BCUT2D eigenvalue weighted by molar-refractivity contribution is -0.116. The molecule has 0 aliphatic rings. The van der Waals surface area contributed by atoms with Gasteiger partial charge >= 0.3 is 0 Å². The number of carbonyl (C=O) groups is 3. The zero-order valence-electron chi connectivity index (χ0n) is 26.7. The fourth-order valence-electron chi connectivity index (χ4n) is 4.86. The molecule has 9 heteroatoms. The zero-order valence-corrected chi connectivity index (χ0v) is 27.5. The Morgan fingerprint density at radius 1 is 0.708 bits per heavy atom. The Morgan fingerprint density at radius 3 is 2.08 bits per heavy atom. The van der Waals surface area contributed by atoms with Crippen molar-refractivity contribution in [2.24, 2.45) is 0 Å². The number of amides is 3. The van der Waals surface area contributed by atoms with Crippen molar-refractivity contribution in [1.29, 1.82) is 0 Å². The minimum absolute atomic E-state index is 0.00634. The number of hydrogen-bond donors (Lipinski definition) is 3. The Labute approximate surface area is 284 Å². The summed E-state index contributed by atoms with van der Waals surface area (Å²) in [6.07, 6.45) is 1.54. The van der Waals surface area contributed by atoms with Gasteiger partial charge < -0.3 is 25.4 Å². The van der Waals surface area contributed by atoms with E-state index in [4.69, 9.17) is 9.47 Å². The lowest BCUT2D eigenvalue weighted by Crippen LogP contribution is -2.30. The summed E-state index contributed by atoms with van der Waals surface area (Å²) in [5.41, 5.74) is 3.99. The highest BCUT2D eigenvalue weighted by Crippen LogP contribution is 2.37. The molecule has 0 radical (unpaired) electrons. The first-order valence-corrected chi connectivity index (χ1v) is 16.0. The maximum absolute atomic E-state index is 13.8. The van der Waals surface area contributed by atoms with E-state index in [-0.39, 0.29) is 11.6 Å². The number of rotatable bonds is 12. The minimum atomic E-state index is -0.571. The molecule has 3 N–H and O–H groups in total. The second-order valence-corrected chi connectivity index (χ2v) is 11.9. The van der Waals surface area contributed by atoms with Crippen molar-refractivity contribution in [1.82, 2.24) is 5.32 Å². The van der Waals surface area contributed by atoms with Crippen LogP contribution >= 0.6 is 11.8 Å². The molecule has 0 fully saturated rings. The van der Waals surface area contributed by atoms with Gasteiger partial charge in [0.2, 0.25) is 5.91 Å². The van der Waals surface area contributed by atoms with Gasteiger partial charge in [0, 0.05) is 27.4 Å². The van der Waals surface area contributed by atoms with Crippen LogP contribution in [0.15, 0.2) is 138 Å². The molecular formula is C39H35N3O5S. The predicted molar refractivity (Wildman–Crippen MR) is 191 cm³/mol. The molecule has 1 unspecified atom stereocenters. The Hall–Kier alpha value is -5.80. The number of ether oxygens (including phenoxy) is 2. The number of methoxy groups -OCH3 is 2. The van der Waals surface area contributed by atoms with Crippen LogP contribution in [-0.4, -0.2) is 31.9 Å². The van der Waals surface area contributed by atoms with E-state index >= 15 is 0 Å². The highest BCUT2D eigenvalue weighted by molar-refractivity contribution is 8.00. The van der Waals surface area contributed by atoms with Gasteiger partial charge in [-0.2, -0.15) is 0 Å². The number of carbonyl (C=O) groups excluding carboxylic acids is 3. The summed E-state index contributed by atoms with van der Waals surface area (Å²) in [5.74, 6) is -0.131. The van der Waals surface area contributed by atoms with E-state index in [1.54, 1.807) is 73.8 Å². The third-order valence-electron chi connectivity index (χ3n) is 7.24. The normalized spacial score (nSPS) is 11.6. The van der Waals surface area contributed by atoms with E-state index in [1.807, 2.05) is 67.6 Å². The van der Waals surface area contributed by atoms with Crippen LogP contribution in [0.25, 0.3) is 6.08 Å². The Morgan fingerprint density at radius 2 is 1.40 bits per heavy atom. The zero-order chi connectivity index (χ0) is 33.9. The molecule has 1 atom stereocenters. The van der Waals surface area contributed by atoms with Crippen LogP contribution in [0, 0.1) is 6.92 Å². The minimum Gasteiger partial charge on any atom is -0.497 e. The van der Waals surface area contributed by atoms with Gasteiger partial charge in [0.1, 0.15) is 22.4 Å². The van der Waals surface area contributed by atoms with Crippen LogP contribution in [0.2, 0.25) is 0 Å². The summed E-state index contributed by atoms with van der Waals surface area (Å²) in [6, 6.07) is 38.2. The highest BCUT2D eigenvalue weighted by atomic mass is 32.2. The molecule has 0 bridgehead atoms. The number of benzene rings is 5. The summed E-state index contributed by atoms with van der Waals surface area (Å²) in [7, 11) is 3.06. The average molecular weight is 658 g/mol. The fourth-order valence-corrected chi connectivity index (χ4v) is 5.95. The van der Waals surface area contributed by atoms with Gasteiger partial charge in [0.05, 0.1) is 14.2 Å². The van der Waals surface area contributed by atoms with Gasteiger partial charge in [-0.05, 0) is 84.8 Å². The molecule has 242 valence electrons. The molecule has 0 saturated carbocycles. The molecule has 0 aliphatic heterocycles. The molecule has 5 aromatic rings. The third kappa shape index (κ3) is 8.92. The van der Waals surface area contributed by atoms with E-state index < -0.39 is 17.1 Å². The van der Waals surface area contributed by atoms with Crippen molar-refractivity contribution in [2.75, 3.05) is 24.9 Å². The molecular weight excluding hydrogens is 623 g/mol. The van der Waals surface area contributed by atoms with Crippen molar-refractivity contribution in [3.8, 4) is 11.5 Å². The van der Waals surface area contributed by atoms with Crippen molar-refractivity contribution < 1.29 is 23.9 Å². The Bertz CT molecular complexity index is 1930. The SMILES string of the molecule is COc1ccc(OC)c(/C=C(/NC(=O)c2ccccc2)C(=O)Nc2cccc(SC(C(=O)Nc3cccc(C)c3)c3ccccc3)c2)c1. The molecule has 8 nitrogen and oxygen atoms in total. The van der Waals surface area contributed by atoms with Crippen LogP contribution in [0.5, 0.6) is 11.5 Å². The van der Waals surface area contributed by atoms with E-state index in [0.29, 0.717) is 34.0 Å². The van der Waals surface area contributed by atoms with Crippen LogP contribution in [0.4, 0.5) is 11.4 Å². The number of anilines is 2. The van der Waals surface area contributed by atoms with Crippen LogP contribution in [-0.2, 0) is 9.59 Å². The van der Waals surface area contributed by atoms with Crippen LogP contribution in [0.1, 0.15) is 32.3 Å². The maximum Gasteiger partial charge on any atom is 0.272 e. The number of nitrogens with one attached hydrogen (secondary N) is 3. The molecule has 5 rings (SSSR count). The van der Waals surface area contributed by atoms with Crippen LogP contribution < -0.4 is 25.4 Å². The summed E-state index contributed by atoms with van der Waals surface area (Å²) < 4.78 is 10.9. The molecule has 0 spiro atoms. The van der Waals surface area contributed by atoms with Gasteiger partial charge in [-0.15, -0.1) is 11.8 Å². The highest BCUT2D eigenvalue weighted by Gasteiger charge is 2.23. The van der Waals surface area contributed by atoms with E-state index in [9.17, 15) is 14.4 Å². The van der Waals surface area contributed by atoms with Crippen LogP contribution in [0.3, 0.4) is 0 Å². The monoisotopic (exact) mass is 657 g/mol. The number of hydrogen-bond acceptors (Lipinski definition) is 6. The number of aryl methyl sites for hydroxylation is 1. The smallest absolute Gasteiger partial charge is 0.272 e. The van der Waals surface area contributed by atoms with Crippen molar-refractivity contribution in [3.05, 3.63) is 155 Å². The second-order valence-electron chi connectivity index (χ2n) is 10.7. The molecule has 5 aromatic carbocycles. The first-order chi connectivity index (χ1) is 23.3. The van der Waals surface area contributed by atoms with Gasteiger partial charge in [-0.3, -0.25) is 14.4 Å². The summed E-state index contributed by atoms with van der Waals surface area (Å²) in [6.45, 7) is 1.97. The van der Waals surface area contributed by atoms with Crippen molar-refractivity contribution >= 4 is 46.9 Å². The quantitative estimate of drug-likeness (QED) is 0.0931. The van der Waals surface area contributed by atoms with Gasteiger partial charge in [0.15, 0.2) is 0 Å². The van der Waals surface area contributed by atoms with Crippen molar-refractivity contribution in [3.63, 3.8) is 0 Å². The third-order valence-corrected chi connectivity index (χ3v) is 8.49. The molecule has 0 aromatic heterocycles.